The van der Waals surface area contributed by atoms with Crippen molar-refractivity contribution in [2.24, 2.45) is 0 Å². The van der Waals surface area contributed by atoms with Crippen LogP contribution in [-0.2, 0) is 13.1 Å². The monoisotopic (exact) mass is 315 g/mol. The first-order chi connectivity index (χ1) is 10.6. The maximum Gasteiger partial charge on any atom is 0.253 e. The zero-order valence-corrected chi connectivity index (χ0v) is 13.3. The van der Waals surface area contributed by atoms with E-state index in [0.717, 1.165) is 16.8 Å². The Hall–Kier alpha value is -2.25. The number of fused-ring (bicyclic) bond motifs is 1. The quantitative estimate of drug-likeness (QED) is 0.755. The van der Waals surface area contributed by atoms with Crippen LogP contribution in [0.4, 0.5) is 0 Å². The number of pyridine rings is 1. The molecule has 3 heterocycles. The Kier molecular flexibility index (Phi) is 4.17. The SMILES string of the molecule is CN(C)Cc1ccc(CNC(=O)c2cnc3[nH]ncc3c2)s1. The lowest BCUT2D eigenvalue weighted by Gasteiger charge is -2.06. The van der Waals surface area contributed by atoms with Crippen LogP contribution in [0.5, 0.6) is 0 Å². The predicted octanol–water partition coefficient (Wildman–Crippen LogP) is 2.01. The van der Waals surface area contributed by atoms with Gasteiger partial charge in [-0.25, -0.2) is 4.98 Å². The van der Waals surface area contributed by atoms with Gasteiger partial charge < -0.3 is 10.2 Å². The molecule has 0 aliphatic carbocycles. The highest BCUT2D eigenvalue weighted by Crippen LogP contribution is 2.17. The van der Waals surface area contributed by atoms with Crippen molar-refractivity contribution in [2.75, 3.05) is 14.1 Å². The maximum atomic E-state index is 12.2. The molecule has 0 radical (unpaired) electrons. The van der Waals surface area contributed by atoms with Crippen molar-refractivity contribution < 1.29 is 4.79 Å². The van der Waals surface area contributed by atoms with E-state index in [1.807, 2.05) is 14.1 Å². The summed E-state index contributed by atoms with van der Waals surface area (Å²) in [6.45, 7) is 1.44. The molecule has 0 saturated heterocycles. The molecule has 0 fully saturated rings. The van der Waals surface area contributed by atoms with Crippen molar-refractivity contribution in [3.63, 3.8) is 0 Å². The number of carbonyl (C=O) groups excluding carboxylic acids is 1. The van der Waals surface area contributed by atoms with E-state index in [4.69, 9.17) is 0 Å². The van der Waals surface area contributed by atoms with Gasteiger partial charge in [0.25, 0.3) is 5.91 Å². The van der Waals surface area contributed by atoms with Gasteiger partial charge in [-0.15, -0.1) is 11.3 Å². The van der Waals surface area contributed by atoms with Gasteiger partial charge in [-0.05, 0) is 32.3 Å². The Morgan fingerprint density at radius 2 is 2.14 bits per heavy atom. The summed E-state index contributed by atoms with van der Waals surface area (Å²) in [7, 11) is 4.08. The minimum absolute atomic E-state index is 0.127. The molecule has 1 amide bonds. The fraction of sp³-hybridized carbons (Fsp3) is 0.267. The minimum atomic E-state index is -0.127. The number of amides is 1. The number of nitrogens with one attached hydrogen (secondary N) is 2. The van der Waals surface area contributed by atoms with Crippen molar-refractivity contribution in [1.29, 1.82) is 0 Å². The fourth-order valence-corrected chi connectivity index (χ4v) is 3.22. The van der Waals surface area contributed by atoms with Crippen LogP contribution in [0.3, 0.4) is 0 Å². The summed E-state index contributed by atoms with van der Waals surface area (Å²) >= 11 is 1.72. The van der Waals surface area contributed by atoms with E-state index in [-0.39, 0.29) is 5.91 Å². The molecule has 0 unspecified atom stereocenters. The highest BCUT2D eigenvalue weighted by atomic mass is 32.1. The lowest BCUT2D eigenvalue weighted by Crippen LogP contribution is -2.22. The van der Waals surface area contributed by atoms with Gasteiger partial charge in [0.05, 0.1) is 18.3 Å². The molecule has 0 bridgehead atoms. The highest BCUT2D eigenvalue weighted by Gasteiger charge is 2.09. The average Bonchev–Trinajstić information content (AvgIpc) is 3.12. The zero-order valence-electron chi connectivity index (χ0n) is 12.5. The average molecular weight is 315 g/mol. The van der Waals surface area contributed by atoms with Gasteiger partial charge in [-0.1, -0.05) is 0 Å². The molecule has 0 spiro atoms. The van der Waals surface area contributed by atoms with E-state index < -0.39 is 0 Å². The lowest BCUT2D eigenvalue weighted by atomic mass is 10.2. The molecule has 0 aromatic carbocycles. The zero-order chi connectivity index (χ0) is 15.5. The number of H-pyrrole nitrogens is 1. The second-order valence-electron chi connectivity index (χ2n) is 5.32. The predicted molar refractivity (Wildman–Crippen MR) is 86.8 cm³/mol. The molecule has 3 rings (SSSR count). The second-order valence-corrected chi connectivity index (χ2v) is 6.57. The van der Waals surface area contributed by atoms with Crippen LogP contribution in [0, 0.1) is 0 Å². The molecule has 0 aliphatic heterocycles. The fourth-order valence-electron chi connectivity index (χ4n) is 2.14. The lowest BCUT2D eigenvalue weighted by molar-refractivity contribution is 0.0951. The molecule has 0 aliphatic rings. The Morgan fingerprint density at radius 3 is 2.95 bits per heavy atom. The van der Waals surface area contributed by atoms with Crippen LogP contribution in [0.25, 0.3) is 11.0 Å². The maximum absolute atomic E-state index is 12.2. The van der Waals surface area contributed by atoms with E-state index in [1.54, 1.807) is 29.8 Å². The van der Waals surface area contributed by atoms with Gasteiger partial charge in [-0.2, -0.15) is 5.10 Å². The van der Waals surface area contributed by atoms with Crippen LogP contribution >= 0.6 is 11.3 Å². The summed E-state index contributed by atoms with van der Waals surface area (Å²) in [5.74, 6) is -0.127. The first kappa shape index (κ1) is 14.7. The molecule has 2 N–H and O–H groups in total. The molecular formula is C15H17N5OS. The van der Waals surface area contributed by atoms with Crippen molar-refractivity contribution in [2.45, 2.75) is 13.1 Å². The Morgan fingerprint density at radius 1 is 1.32 bits per heavy atom. The highest BCUT2D eigenvalue weighted by molar-refractivity contribution is 7.11. The molecule has 0 atom stereocenters. The van der Waals surface area contributed by atoms with Crippen molar-refractivity contribution in [3.05, 3.63) is 45.9 Å². The molecule has 114 valence electrons. The summed E-state index contributed by atoms with van der Waals surface area (Å²) in [5.41, 5.74) is 1.22. The Balaban J connectivity index is 1.63. The number of hydrogen-bond acceptors (Lipinski definition) is 5. The topological polar surface area (TPSA) is 73.9 Å². The van der Waals surface area contributed by atoms with E-state index in [1.165, 1.54) is 4.88 Å². The van der Waals surface area contributed by atoms with Gasteiger partial charge in [0.2, 0.25) is 0 Å². The third kappa shape index (κ3) is 3.32. The normalized spacial score (nSPS) is 11.2. The third-order valence-electron chi connectivity index (χ3n) is 3.17. The summed E-state index contributed by atoms with van der Waals surface area (Å²) in [6, 6.07) is 5.94. The van der Waals surface area contributed by atoms with Gasteiger partial charge in [0.1, 0.15) is 0 Å². The number of hydrogen-bond donors (Lipinski definition) is 2. The van der Waals surface area contributed by atoms with Crippen LogP contribution in [-0.4, -0.2) is 40.1 Å². The standard InChI is InChI=1S/C15H17N5OS/c1-20(2)9-13-4-3-12(22-13)8-17-15(21)11-5-10-7-18-19-14(10)16-6-11/h3-7H,8-9H2,1-2H3,(H,17,21)(H,16,18,19). The summed E-state index contributed by atoms with van der Waals surface area (Å²) in [6.07, 6.45) is 3.22. The van der Waals surface area contributed by atoms with Crippen LogP contribution in [0.1, 0.15) is 20.1 Å². The molecule has 3 aromatic rings. The van der Waals surface area contributed by atoms with Crippen molar-refractivity contribution >= 4 is 28.3 Å². The molecule has 6 nitrogen and oxygen atoms in total. The van der Waals surface area contributed by atoms with Crippen LogP contribution < -0.4 is 5.32 Å². The third-order valence-corrected chi connectivity index (χ3v) is 4.24. The number of thiophene rings is 1. The number of nitrogens with zero attached hydrogens (tertiary/aromatic N) is 3. The first-order valence-electron chi connectivity index (χ1n) is 6.91. The number of aromatic nitrogens is 3. The number of carbonyl (C=O) groups is 1. The number of rotatable bonds is 5. The molecule has 3 aromatic heterocycles. The molecule has 7 heteroatoms. The van der Waals surface area contributed by atoms with Gasteiger partial charge >= 0.3 is 0 Å². The second kappa shape index (κ2) is 6.25. The van der Waals surface area contributed by atoms with Crippen LogP contribution in [0.2, 0.25) is 0 Å². The Bertz CT molecular complexity index is 792. The summed E-state index contributed by atoms with van der Waals surface area (Å²) < 4.78 is 0. The molecule has 22 heavy (non-hydrogen) atoms. The van der Waals surface area contributed by atoms with E-state index >= 15 is 0 Å². The van der Waals surface area contributed by atoms with Gasteiger partial charge in [-0.3, -0.25) is 9.89 Å². The summed E-state index contributed by atoms with van der Waals surface area (Å²) in [4.78, 5) is 20.9. The first-order valence-corrected chi connectivity index (χ1v) is 7.73. The Labute approximate surface area is 132 Å². The van der Waals surface area contributed by atoms with Crippen LogP contribution in [0.15, 0.2) is 30.6 Å². The largest absolute Gasteiger partial charge is 0.347 e. The summed E-state index contributed by atoms with van der Waals surface area (Å²) in [5, 5.41) is 10.4. The number of aromatic amines is 1. The van der Waals surface area contributed by atoms with E-state index in [0.29, 0.717) is 17.8 Å². The minimum Gasteiger partial charge on any atom is -0.347 e. The van der Waals surface area contributed by atoms with Crippen molar-refractivity contribution in [3.8, 4) is 0 Å². The van der Waals surface area contributed by atoms with E-state index in [9.17, 15) is 4.79 Å². The smallest absolute Gasteiger partial charge is 0.253 e. The van der Waals surface area contributed by atoms with Gasteiger partial charge in [0, 0.05) is 27.9 Å². The molecular weight excluding hydrogens is 298 g/mol. The van der Waals surface area contributed by atoms with Crippen molar-refractivity contribution in [1.82, 2.24) is 25.4 Å². The van der Waals surface area contributed by atoms with E-state index in [2.05, 4.69) is 37.5 Å². The van der Waals surface area contributed by atoms with Gasteiger partial charge in [0.15, 0.2) is 5.65 Å². The molecule has 0 saturated carbocycles.